The van der Waals surface area contributed by atoms with Crippen molar-refractivity contribution in [1.82, 2.24) is 0 Å². The summed E-state index contributed by atoms with van der Waals surface area (Å²) in [6, 6.07) is 13.7. The van der Waals surface area contributed by atoms with Gasteiger partial charge in [-0.15, -0.1) is 0 Å². The lowest BCUT2D eigenvalue weighted by Crippen LogP contribution is -2.33. The van der Waals surface area contributed by atoms with Gasteiger partial charge in [0, 0.05) is 24.7 Å². The van der Waals surface area contributed by atoms with Gasteiger partial charge in [0.2, 0.25) is 0 Å². The van der Waals surface area contributed by atoms with Gasteiger partial charge in [0.1, 0.15) is 5.69 Å². The fraction of sp³-hybridized carbons (Fsp3) is 0.381. The minimum atomic E-state index is -0.398. The molecule has 2 aromatic carbocycles. The van der Waals surface area contributed by atoms with Crippen LogP contribution in [0.5, 0.6) is 0 Å². The van der Waals surface area contributed by atoms with Crippen molar-refractivity contribution in [2.45, 2.75) is 27.7 Å². The van der Waals surface area contributed by atoms with Crippen molar-refractivity contribution in [1.29, 1.82) is 0 Å². The second kappa shape index (κ2) is 8.61. The lowest BCUT2D eigenvalue weighted by atomic mass is 9.98. The minimum Gasteiger partial charge on any atom is -0.365 e. The molecule has 0 aliphatic heterocycles. The summed E-state index contributed by atoms with van der Waals surface area (Å²) in [7, 11) is 0. The van der Waals surface area contributed by atoms with E-state index in [1.54, 1.807) is 36.4 Å². The maximum absolute atomic E-state index is 13.1. The summed E-state index contributed by atoms with van der Waals surface area (Å²) in [5, 5.41) is 11.7. The molecular formula is C21H26N2O3. The number of nitro benzene ring substituents is 1. The molecule has 0 heterocycles. The number of anilines is 1. The van der Waals surface area contributed by atoms with Crippen molar-refractivity contribution in [2.24, 2.45) is 11.8 Å². The van der Waals surface area contributed by atoms with Crippen LogP contribution in [0.25, 0.3) is 0 Å². The number of ketones is 1. The Bertz CT molecular complexity index is 760. The number of rotatable bonds is 8. The van der Waals surface area contributed by atoms with E-state index < -0.39 is 4.92 Å². The summed E-state index contributed by atoms with van der Waals surface area (Å²) >= 11 is 0. The van der Waals surface area contributed by atoms with Crippen LogP contribution in [-0.2, 0) is 0 Å². The van der Waals surface area contributed by atoms with Gasteiger partial charge in [0.05, 0.1) is 10.5 Å². The Morgan fingerprint density at radius 1 is 0.962 bits per heavy atom. The van der Waals surface area contributed by atoms with Gasteiger partial charge < -0.3 is 4.90 Å². The zero-order valence-corrected chi connectivity index (χ0v) is 15.8. The molecule has 0 N–H and O–H groups in total. The molecule has 138 valence electrons. The number of para-hydroxylation sites is 1. The summed E-state index contributed by atoms with van der Waals surface area (Å²) in [4.78, 5) is 26.3. The van der Waals surface area contributed by atoms with Crippen LogP contribution in [0.2, 0.25) is 0 Å². The van der Waals surface area contributed by atoms with E-state index in [0.717, 1.165) is 0 Å². The molecule has 0 fully saturated rings. The molecule has 0 saturated carbocycles. The quantitative estimate of drug-likeness (QED) is 0.382. The molecular weight excluding hydrogens is 328 g/mol. The fourth-order valence-electron chi connectivity index (χ4n) is 3.08. The summed E-state index contributed by atoms with van der Waals surface area (Å²) in [6.07, 6.45) is 0. The number of carbonyl (C=O) groups is 1. The molecule has 5 nitrogen and oxygen atoms in total. The first-order valence-electron chi connectivity index (χ1n) is 8.93. The van der Waals surface area contributed by atoms with Crippen LogP contribution in [0, 0.1) is 22.0 Å². The Labute approximate surface area is 154 Å². The topological polar surface area (TPSA) is 63.5 Å². The summed E-state index contributed by atoms with van der Waals surface area (Å²) in [6.45, 7) is 9.58. The molecule has 0 aliphatic rings. The normalized spacial score (nSPS) is 11.0. The lowest BCUT2D eigenvalue weighted by molar-refractivity contribution is -0.384. The highest BCUT2D eigenvalue weighted by Gasteiger charge is 2.27. The van der Waals surface area contributed by atoms with Crippen LogP contribution in [-0.4, -0.2) is 23.8 Å². The third-order valence-corrected chi connectivity index (χ3v) is 3.98. The van der Waals surface area contributed by atoms with Crippen LogP contribution >= 0.6 is 0 Å². The molecule has 0 unspecified atom stereocenters. The number of hydrogen-bond donors (Lipinski definition) is 0. The van der Waals surface area contributed by atoms with Crippen LogP contribution in [0.3, 0.4) is 0 Å². The predicted octanol–water partition coefficient (Wildman–Crippen LogP) is 4.94. The molecule has 0 bridgehead atoms. The largest absolute Gasteiger partial charge is 0.365 e. The van der Waals surface area contributed by atoms with Crippen LogP contribution in [0.15, 0.2) is 48.5 Å². The van der Waals surface area contributed by atoms with Gasteiger partial charge in [0.15, 0.2) is 5.78 Å². The summed E-state index contributed by atoms with van der Waals surface area (Å²) < 4.78 is 0. The second-order valence-electron chi connectivity index (χ2n) is 7.32. The molecule has 0 radical (unpaired) electrons. The monoisotopic (exact) mass is 354 g/mol. The molecule has 0 aliphatic carbocycles. The SMILES string of the molecule is CC(C)CN(CC(C)C)c1c(C(=O)c2ccccc2)cccc1[N+](=O)[O-]. The average Bonchev–Trinajstić information content (AvgIpc) is 2.59. The van der Waals surface area contributed by atoms with Gasteiger partial charge in [-0.3, -0.25) is 14.9 Å². The maximum atomic E-state index is 13.1. The van der Waals surface area contributed by atoms with E-state index in [4.69, 9.17) is 0 Å². The second-order valence-corrected chi connectivity index (χ2v) is 7.32. The van der Waals surface area contributed by atoms with Gasteiger partial charge in [-0.1, -0.05) is 64.1 Å². The lowest BCUT2D eigenvalue weighted by Gasteiger charge is -2.29. The molecule has 2 aromatic rings. The summed E-state index contributed by atoms with van der Waals surface area (Å²) in [5.74, 6) is 0.434. The molecule has 5 heteroatoms. The van der Waals surface area contributed by atoms with Crippen LogP contribution in [0.4, 0.5) is 11.4 Å². The van der Waals surface area contributed by atoms with E-state index in [1.165, 1.54) is 6.07 Å². The number of benzene rings is 2. The molecule has 0 spiro atoms. The Morgan fingerprint density at radius 2 is 1.54 bits per heavy atom. The zero-order valence-electron chi connectivity index (χ0n) is 15.8. The van der Waals surface area contributed by atoms with Gasteiger partial charge in [-0.05, 0) is 17.9 Å². The zero-order chi connectivity index (χ0) is 19.3. The highest BCUT2D eigenvalue weighted by atomic mass is 16.6. The fourth-order valence-corrected chi connectivity index (χ4v) is 3.08. The number of carbonyl (C=O) groups excluding carboxylic acids is 1. The smallest absolute Gasteiger partial charge is 0.293 e. The van der Waals surface area contributed by atoms with Crippen molar-refractivity contribution in [3.63, 3.8) is 0 Å². The Balaban J connectivity index is 2.63. The van der Waals surface area contributed by atoms with Gasteiger partial charge in [0.25, 0.3) is 5.69 Å². The van der Waals surface area contributed by atoms with Crippen molar-refractivity contribution in [3.05, 3.63) is 69.8 Å². The average molecular weight is 354 g/mol. The number of nitro groups is 1. The molecule has 0 saturated heterocycles. The van der Waals surface area contributed by atoms with Crippen molar-refractivity contribution >= 4 is 17.2 Å². The van der Waals surface area contributed by atoms with Crippen molar-refractivity contribution in [2.75, 3.05) is 18.0 Å². The summed E-state index contributed by atoms with van der Waals surface area (Å²) in [5.41, 5.74) is 1.32. The Kier molecular flexibility index (Phi) is 6.50. The van der Waals surface area contributed by atoms with E-state index in [2.05, 4.69) is 27.7 Å². The van der Waals surface area contributed by atoms with Gasteiger partial charge in [-0.2, -0.15) is 0 Å². The minimum absolute atomic E-state index is 0.0203. The molecule has 26 heavy (non-hydrogen) atoms. The van der Waals surface area contributed by atoms with Crippen LogP contribution < -0.4 is 4.90 Å². The maximum Gasteiger partial charge on any atom is 0.293 e. The van der Waals surface area contributed by atoms with E-state index in [1.807, 2.05) is 11.0 Å². The predicted molar refractivity (Wildman–Crippen MR) is 105 cm³/mol. The van der Waals surface area contributed by atoms with Gasteiger partial charge in [-0.25, -0.2) is 0 Å². The molecule has 0 amide bonds. The van der Waals surface area contributed by atoms with Crippen molar-refractivity contribution < 1.29 is 9.72 Å². The van der Waals surface area contributed by atoms with E-state index in [9.17, 15) is 14.9 Å². The Morgan fingerprint density at radius 3 is 2.04 bits per heavy atom. The van der Waals surface area contributed by atoms with Crippen molar-refractivity contribution in [3.8, 4) is 0 Å². The Hall–Kier alpha value is -2.69. The van der Waals surface area contributed by atoms with E-state index in [0.29, 0.717) is 41.7 Å². The number of hydrogen-bond acceptors (Lipinski definition) is 4. The van der Waals surface area contributed by atoms with E-state index in [-0.39, 0.29) is 11.5 Å². The highest BCUT2D eigenvalue weighted by Crippen LogP contribution is 2.34. The molecule has 2 rings (SSSR count). The standard InChI is InChI=1S/C21H26N2O3/c1-15(2)13-22(14-16(3)4)20-18(11-8-12-19(20)23(25)26)21(24)17-9-6-5-7-10-17/h5-12,15-16H,13-14H2,1-4H3. The molecule has 0 aromatic heterocycles. The van der Waals surface area contributed by atoms with E-state index >= 15 is 0 Å². The third-order valence-electron chi connectivity index (χ3n) is 3.98. The van der Waals surface area contributed by atoms with Crippen LogP contribution in [0.1, 0.15) is 43.6 Å². The van der Waals surface area contributed by atoms with Gasteiger partial charge >= 0.3 is 0 Å². The first-order chi connectivity index (χ1) is 12.3. The highest BCUT2D eigenvalue weighted by molar-refractivity contribution is 6.13. The first kappa shape index (κ1) is 19.6. The first-order valence-corrected chi connectivity index (χ1v) is 8.93. The number of nitrogens with zero attached hydrogens (tertiary/aromatic N) is 2. The molecule has 0 atom stereocenters. The third kappa shape index (κ3) is 4.69.